The third-order valence-electron chi connectivity index (χ3n) is 4.15. The van der Waals surface area contributed by atoms with E-state index in [1.807, 2.05) is 53.0 Å². The summed E-state index contributed by atoms with van der Waals surface area (Å²) < 4.78 is 9.22. The average molecular weight is 341 g/mol. The molecule has 0 aliphatic heterocycles. The number of ether oxygens (including phenoxy) is 1. The molecule has 2 aromatic heterocycles. The number of aliphatic hydroxyl groups excluding tert-OH is 1. The largest absolute Gasteiger partial charge is 0.497 e. The van der Waals surface area contributed by atoms with Crippen LogP contribution in [0.25, 0.3) is 5.69 Å². The molecule has 0 aliphatic carbocycles. The Labute approximate surface area is 147 Å². The quantitative estimate of drug-likeness (QED) is 0.674. The molecule has 0 saturated heterocycles. The Kier molecular flexibility index (Phi) is 5.47. The molecule has 0 spiro atoms. The molecule has 3 rings (SSSR count). The lowest BCUT2D eigenvalue weighted by molar-refractivity contribution is 0.181. The van der Waals surface area contributed by atoms with Crippen LogP contribution in [0.2, 0.25) is 0 Å². The first-order chi connectivity index (χ1) is 12.2. The zero-order valence-electron chi connectivity index (χ0n) is 14.5. The predicted molar refractivity (Wildman–Crippen MR) is 94.5 cm³/mol. The first kappa shape index (κ1) is 17.2. The van der Waals surface area contributed by atoms with Gasteiger partial charge in [-0.25, -0.2) is 9.67 Å². The van der Waals surface area contributed by atoms with Crippen molar-refractivity contribution >= 4 is 0 Å². The second-order valence-electron chi connectivity index (χ2n) is 5.88. The van der Waals surface area contributed by atoms with Crippen LogP contribution in [0.15, 0.2) is 49.2 Å². The van der Waals surface area contributed by atoms with E-state index in [9.17, 15) is 5.11 Å². The number of aryl methyl sites for hydroxylation is 1. The molecule has 0 amide bonds. The van der Waals surface area contributed by atoms with Gasteiger partial charge >= 0.3 is 0 Å². The highest BCUT2D eigenvalue weighted by Gasteiger charge is 2.14. The number of aliphatic hydroxyl groups is 1. The molecule has 7 nitrogen and oxygen atoms in total. The molecule has 0 saturated carbocycles. The van der Waals surface area contributed by atoms with E-state index in [4.69, 9.17) is 4.74 Å². The van der Waals surface area contributed by atoms with Crippen molar-refractivity contribution in [1.29, 1.82) is 0 Å². The number of rotatable bonds is 8. The Balaban J connectivity index is 1.88. The maximum absolute atomic E-state index is 9.46. The Hall–Kier alpha value is -2.64. The summed E-state index contributed by atoms with van der Waals surface area (Å²) in [7, 11) is 3.63. The number of aromatic nitrogens is 4. The lowest BCUT2D eigenvalue weighted by atomic mass is 10.1. The molecule has 1 N–H and O–H groups in total. The van der Waals surface area contributed by atoms with Crippen LogP contribution in [0.1, 0.15) is 11.3 Å². The van der Waals surface area contributed by atoms with Crippen molar-refractivity contribution in [1.82, 2.24) is 24.2 Å². The zero-order valence-corrected chi connectivity index (χ0v) is 14.5. The third-order valence-corrected chi connectivity index (χ3v) is 4.15. The first-order valence-electron chi connectivity index (χ1n) is 8.16. The Morgan fingerprint density at radius 1 is 1.28 bits per heavy atom. The molecule has 7 heteroatoms. The van der Waals surface area contributed by atoms with E-state index in [1.54, 1.807) is 19.6 Å². The topological polar surface area (TPSA) is 68.3 Å². The summed E-state index contributed by atoms with van der Waals surface area (Å²) in [5, 5.41) is 13.8. The molecule has 25 heavy (non-hydrogen) atoms. The molecular weight excluding hydrogens is 318 g/mol. The van der Waals surface area contributed by atoms with Gasteiger partial charge in [-0.2, -0.15) is 5.10 Å². The summed E-state index contributed by atoms with van der Waals surface area (Å²) in [5.74, 6) is 0.801. The summed E-state index contributed by atoms with van der Waals surface area (Å²) in [5.41, 5.74) is 3.18. The monoisotopic (exact) mass is 341 g/mol. The van der Waals surface area contributed by atoms with Crippen LogP contribution in [0.3, 0.4) is 0 Å². The summed E-state index contributed by atoms with van der Waals surface area (Å²) in [6, 6.07) is 7.85. The van der Waals surface area contributed by atoms with E-state index >= 15 is 0 Å². The minimum Gasteiger partial charge on any atom is -0.497 e. The highest BCUT2D eigenvalue weighted by Crippen LogP contribution is 2.23. The minimum atomic E-state index is 0.0962. The zero-order chi connectivity index (χ0) is 17.6. The molecule has 0 aliphatic rings. The second-order valence-corrected chi connectivity index (χ2v) is 5.88. The van der Waals surface area contributed by atoms with Gasteiger partial charge in [-0.15, -0.1) is 0 Å². The van der Waals surface area contributed by atoms with Gasteiger partial charge in [0.05, 0.1) is 31.4 Å². The van der Waals surface area contributed by atoms with Crippen LogP contribution in [-0.4, -0.2) is 49.6 Å². The molecule has 0 atom stereocenters. The Morgan fingerprint density at radius 3 is 2.80 bits per heavy atom. The van der Waals surface area contributed by atoms with Crippen LogP contribution >= 0.6 is 0 Å². The van der Waals surface area contributed by atoms with Crippen molar-refractivity contribution in [3.8, 4) is 11.4 Å². The first-order valence-corrected chi connectivity index (χ1v) is 8.16. The van der Waals surface area contributed by atoms with Crippen molar-refractivity contribution in [2.45, 2.75) is 13.1 Å². The Morgan fingerprint density at radius 2 is 2.16 bits per heavy atom. The highest BCUT2D eigenvalue weighted by atomic mass is 16.5. The van der Waals surface area contributed by atoms with Gasteiger partial charge in [-0.3, -0.25) is 4.90 Å². The van der Waals surface area contributed by atoms with Gasteiger partial charge in [-0.05, 0) is 29.8 Å². The summed E-state index contributed by atoms with van der Waals surface area (Å²) in [6.07, 6.45) is 7.31. The molecule has 132 valence electrons. The number of nitrogens with zero attached hydrogens (tertiary/aromatic N) is 5. The smallest absolute Gasteiger partial charge is 0.119 e. The summed E-state index contributed by atoms with van der Waals surface area (Å²) >= 11 is 0. The van der Waals surface area contributed by atoms with E-state index < -0.39 is 0 Å². The normalized spacial score (nSPS) is 11.2. The SMILES string of the molecule is COc1ccc(-n2cccn2)c(CN(CCO)Cc2cncn2C)c1. The van der Waals surface area contributed by atoms with Crippen molar-refractivity contribution < 1.29 is 9.84 Å². The second kappa shape index (κ2) is 7.96. The van der Waals surface area contributed by atoms with Gasteiger partial charge in [0.25, 0.3) is 0 Å². The number of hydrogen-bond donors (Lipinski definition) is 1. The maximum atomic E-state index is 9.46. The minimum absolute atomic E-state index is 0.0962. The van der Waals surface area contributed by atoms with E-state index in [0.29, 0.717) is 19.6 Å². The standard InChI is InChI=1S/C18H23N5O2/c1-21-14-19-11-16(21)13-22(8-9-24)12-15-10-17(25-2)4-5-18(15)23-7-3-6-20-23/h3-7,10-11,14,24H,8-9,12-13H2,1-2H3. The number of benzene rings is 1. The van der Waals surface area contributed by atoms with Crippen molar-refractivity contribution in [2.24, 2.45) is 7.05 Å². The van der Waals surface area contributed by atoms with Crippen LogP contribution in [0, 0.1) is 0 Å². The van der Waals surface area contributed by atoms with Crippen LogP contribution in [0.4, 0.5) is 0 Å². The van der Waals surface area contributed by atoms with Crippen LogP contribution in [0.5, 0.6) is 5.75 Å². The number of hydrogen-bond acceptors (Lipinski definition) is 5. The lowest BCUT2D eigenvalue weighted by Gasteiger charge is -2.23. The van der Waals surface area contributed by atoms with Crippen LogP contribution < -0.4 is 4.74 Å². The molecular formula is C18H23N5O2. The molecule has 2 heterocycles. The fraction of sp³-hybridized carbons (Fsp3) is 0.333. The molecule has 0 bridgehead atoms. The lowest BCUT2D eigenvalue weighted by Crippen LogP contribution is -2.27. The van der Waals surface area contributed by atoms with Crippen LogP contribution in [-0.2, 0) is 20.1 Å². The summed E-state index contributed by atoms with van der Waals surface area (Å²) in [4.78, 5) is 6.35. The van der Waals surface area contributed by atoms with E-state index in [2.05, 4.69) is 15.0 Å². The predicted octanol–water partition coefficient (Wildman–Crippen LogP) is 1.61. The van der Waals surface area contributed by atoms with Gasteiger partial charge < -0.3 is 14.4 Å². The van der Waals surface area contributed by atoms with E-state index in [1.165, 1.54) is 0 Å². The van der Waals surface area contributed by atoms with Crippen molar-refractivity contribution in [3.05, 3.63) is 60.4 Å². The maximum Gasteiger partial charge on any atom is 0.119 e. The van der Waals surface area contributed by atoms with Gasteiger partial charge in [0.2, 0.25) is 0 Å². The van der Waals surface area contributed by atoms with E-state index in [-0.39, 0.29) is 6.61 Å². The highest BCUT2D eigenvalue weighted by molar-refractivity contribution is 5.45. The van der Waals surface area contributed by atoms with E-state index in [0.717, 1.165) is 22.7 Å². The molecule has 3 aromatic rings. The van der Waals surface area contributed by atoms with Gasteiger partial charge in [-0.1, -0.05) is 0 Å². The molecule has 0 radical (unpaired) electrons. The third kappa shape index (κ3) is 4.07. The molecule has 0 fully saturated rings. The molecule has 0 unspecified atom stereocenters. The number of methoxy groups -OCH3 is 1. The van der Waals surface area contributed by atoms with Gasteiger partial charge in [0.15, 0.2) is 0 Å². The summed E-state index contributed by atoms with van der Waals surface area (Å²) in [6.45, 7) is 2.03. The van der Waals surface area contributed by atoms with Gasteiger partial charge in [0, 0.05) is 45.3 Å². The van der Waals surface area contributed by atoms with Crippen molar-refractivity contribution in [3.63, 3.8) is 0 Å². The molecule has 1 aromatic carbocycles. The fourth-order valence-electron chi connectivity index (χ4n) is 2.81. The van der Waals surface area contributed by atoms with Gasteiger partial charge in [0.1, 0.15) is 5.75 Å². The number of imidazole rings is 1. The Bertz CT molecular complexity index is 798. The average Bonchev–Trinajstić information content (AvgIpc) is 3.27. The van der Waals surface area contributed by atoms with Crippen molar-refractivity contribution in [2.75, 3.05) is 20.3 Å². The fourth-order valence-corrected chi connectivity index (χ4v) is 2.81.